The number of ether oxygens (including phenoxy) is 1. The SMILES string of the molecule is O=C1CN(CCCCCNNC2(c3cccc(OCC4CCC4)c3)CC2)C(=O)N1. The van der Waals surface area contributed by atoms with Crippen molar-refractivity contribution in [2.75, 3.05) is 26.2 Å². The number of unbranched alkanes of at least 4 members (excludes halogenated alkanes) is 2. The van der Waals surface area contributed by atoms with Gasteiger partial charge in [0.25, 0.3) is 0 Å². The molecular formula is C22H32N4O3. The number of rotatable bonds is 12. The molecule has 7 heteroatoms. The number of carbonyl (C=O) groups excluding carboxylic acids is 2. The zero-order valence-electron chi connectivity index (χ0n) is 17.0. The van der Waals surface area contributed by atoms with E-state index in [4.69, 9.17) is 4.74 Å². The summed E-state index contributed by atoms with van der Waals surface area (Å²) < 4.78 is 6.00. The fourth-order valence-electron chi connectivity index (χ4n) is 3.96. The van der Waals surface area contributed by atoms with Crippen molar-refractivity contribution in [3.8, 4) is 5.75 Å². The summed E-state index contributed by atoms with van der Waals surface area (Å²) in [5.41, 5.74) is 8.23. The van der Waals surface area contributed by atoms with Crippen molar-refractivity contribution in [2.24, 2.45) is 5.92 Å². The van der Waals surface area contributed by atoms with Crippen molar-refractivity contribution in [3.05, 3.63) is 29.8 Å². The first-order valence-corrected chi connectivity index (χ1v) is 11.0. The lowest BCUT2D eigenvalue weighted by atomic mass is 9.86. The Morgan fingerprint density at radius 1 is 1.17 bits per heavy atom. The van der Waals surface area contributed by atoms with Gasteiger partial charge in [0.05, 0.1) is 12.1 Å². The van der Waals surface area contributed by atoms with E-state index < -0.39 is 0 Å². The molecule has 1 aromatic carbocycles. The van der Waals surface area contributed by atoms with Gasteiger partial charge in [0.1, 0.15) is 12.3 Å². The number of urea groups is 1. The van der Waals surface area contributed by atoms with Crippen LogP contribution in [0.15, 0.2) is 24.3 Å². The second kappa shape index (κ2) is 9.13. The van der Waals surface area contributed by atoms with Gasteiger partial charge in [-0.1, -0.05) is 25.0 Å². The smallest absolute Gasteiger partial charge is 0.324 e. The van der Waals surface area contributed by atoms with Crippen LogP contribution < -0.4 is 20.9 Å². The van der Waals surface area contributed by atoms with Gasteiger partial charge in [0.2, 0.25) is 5.91 Å². The molecule has 0 atom stereocenters. The number of nitrogens with one attached hydrogen (secondary N) is 3. The van der Waals surface area contributed by atoms with Gasteiger partial charge in [0.15, 0.2) is 0 Å². The van der Waals surface area contributed by atoms with Gasteiger partial charge in [-0.3, -0.25) is 15.5 Å². The number of hydrogen-bond donors (Lipinski definition) is 3. The second-order valence-electron chi connectivity index (χ2n) is 8.61. The molecule has 3 amide bonds. The molecule has 3 aliphatic rings. The average molecular weight is 401 g/mol. The topological polar surface area (TPSA) is 82.7 Å². The number of imide groups is 1. The largest absolute Gasteiger partial charge is 0.493 e. The summed E-state index contributed by atoms with van der Waals surface area (Å²) in [5, 5.41) is 2.31. The third-order valence-electron chi connectivity index (χ3n) is 6.27. The Labute approximate surface area is 172 Å². The first-order valence-electron chi connectivity index (χ1n) is 11.0. The minimum absolute atomic E-state index is 0.0316. The van der Waals surface area contributed by atoms with Crippen LogP contribution in [0.2, 0.25) is 0 Å². The van der Waals surface area contributed by atoms with Crippen LogP contribution in [0.25, 0.3) is 0 Å². The Hall–Kier alpha value is -2.12. The molecule has 0 aromatic heterocycles. The van der Waals surface area contributed by atoms with Crippen LogP contribution in [-0.4, -0.2) is 43.1 Å². The molecule has 0 unspecified atom stereocenters. The van der Waals surface area contributed by atoms with Gasteiger partial charge in [-0.15, -0.1) is 0 Å². The number of hydrogen-bond acceptors (Lipinski definition) is 5. The van der Waals surface area contributed by atoms with Crippen LogP contribution in [-0.2, 0) is 10.3 Å². The summed E-state index contributed by atoms with van der Waals surface area (Å²) in [6, 6.07) is 8.25. The predicted molar refractivity (Wildman–Crippen MR) is 110 cm³/mol. The van der Waals surface area contributed by atoms with Crippen molar-refractivity contribution in [1.82, 2.24) is 21.1 Å². The van der Waals surface area contributed by atoms with E-state index in [-0.39, 0.29) is 24.0 Å². The molecule has 0 spiro atoms. The minimum Gasteiger partial charge on any atom is -0.493 e. The van der Waals surface area contributed by atoms with E-state index in [1.165, 1.54) is 24.8 Å². The molecule has 0 radical (unpaired) electrons. The number of nitrogens with zero attached hydrogens (tertiary/aromatic N) is 1. The quantitative estimate of drug-likeness (QED) is 0.285. The fraction of sp³-hybridized carbons (Fsp3) is 0.636. The lowest BCUT2D eigenvalue weighted by Crippen LogP contribution is -2.41. The van der Waals surface area contributed by atoms with Crippen LogP contribution in [0.4, 0.5) is 4.79 Å². The molecule has 158 valence electrons. The lowest BCUT2D eigenvalue weighted by Gasteiger charge is -2.25. The molecule has 3 N–H and O–H groups in total. The first kappa shape index (κ1) is 20.2. The van der Waals surface area contributed by atoms with Gasteiger partial charge in [-0.2, -0.15) is 0 Å². The monoisotopic (exact) mass is 400 g/mol. The molecule has 29 heavy (non-hydrogen) atoms. The van der Waals surface area contributed by atoms with Crippen molar-refractivity contribution in [1.29, 1.82) is 0 Å². The summed E-state index contributed by atoms with van der Waals surface area (Å²) in [6.45, 7) is 2.56. The molecule has 4 rings (SSSR count). The molecular weight excluding hydrogens is 368 g/mol. The molecule has 7 nitrogen and oxygen atoms in total. The lowest BCUT2D eigenvalue weighted by molar-refractivity contribution is -0.118. The number of amides is 3. The molecule has 3 fully saturated rings. The van der Waals surface area contributed by atoms with Gasteiger partial charge in [0, 0.05) is 13.1 Å². The molecule has 1 heterocycles. The van der Waals surface area contributed by atoms with Gasteiger partial charge < -0.3 is 9.64 Å². The third kappa shape index (κ3) is 5.28. The highest BCUT2D eigenvalue weighted by atomic mass is 16.5. The standard InChI is InChI=1S/C22H32N4O3/c27-20-15-26(21(28)24-20)13-3-1-2-12-23-25-22(10-11-22)18-8-5-9-19(14-18)29-16-17-6-4-7-17/h5,8-9,14,17,23,25H,1-4,6-7,10-13,15-16H2,(H,24,27,28). The zero-order valence-corrected chi connectivity index (χ0v) is 17.0. The van der Waals surface area contributed by atoms with E-state index in [0.29, 0.717) is 6.54 Å². The minimum atomic E-state index is -0.260. The highest BCUT2D eigenvalue weighted by molar-refractivity contribution is 6.01. The van der Waals surface area contributed by atoms with E-state index in [1.807, 2.05) is 0 Å². The highest BCUT2D eigenvalue weighted by Crippen LogP contribution is 2.45. The van der Waals surface area contributed by atoms with E-state index in [0.717, 1.165) is 56.9 Å². The number of carbonyl (C=O) groups is 2. The maximum Gasteiger partial charge on any atom is 0.324 e. The maximum atomic E-state index is 11.5. The predicted octanol–water partition coefficient (Wildman–Crippen LogP) is 2.67. The van der Waals surface area contributed by atoms with Crippen LogP contribution in [0.1, 0.15) is 56.9 Å². The Morgan fingerprint density at radius 3 is 2.72 bits per heavy atom. The van der Waals surface area contributed by atoms with Crippen LogP contribution in [0.5, 0.6) is 5.75 Å². The Kier molecular flexibility index (Phi) is 6.35. The van der Waals surface area contributed by atoms with E-state index in [2.05, 4.69) is 40.4 Å². The normalized spacial score (nSPS) is 20.5. The number of hydrazine groups is 1. The Bertz CT molecular complexity index is 731. The van der Waals surface area contributed by atoms with Crippen LogP contribution in [0, 0.1) is 5.92 Å². The summed E-state index contributed by atoms with van der Waals surface area (Å²) in [7, 11) is 0. The van der Waals surface area contributed by atoms with Gasteiger partial charge >= 0.3 is 6.03 Å². The van der Waals surface area contributed by atoms with Crippen molar-refractivity contribution in [3.63, 3.8) is 0 Å². The maximum absolute atomic E-state index is 11.5. The zero-order chi connectivity index (χ0) is 20.1. The third-order valence-corrected chi connectivity index (χ3v) is 6.27. The molecule has 2 saturated carbocycles. The summed E-state index contributed by atoms with van der Waals surface area (Å²) in [5.74, 6) is 1.52. The molecule has 1 aliphatic heterocycles. The van der Waals surface area contributed by atoms with E-state index in [9.17, 15) is 9.59 Å². The summed E-state index contributed by atoms with van der Waals surface area (Å²) in [4.78, 5) is 24.2. The molecule has 1 saturated heterocycles. The van der Waals surface area contributed by atoms with Crippen LogP contribution in [0.3, 0.4) is 0 Å². The molecule has 1 aromatic rings. The Balaban J connectivity index is 1.13. The van der Waals surface area contributed by atoms with E-state index >= 15 is 0 Å². The van der Waals surface area contributed by atoms with Gasteiger partial charge in [-0.25, -0.2) is 10.2 Å². The molecule has 0 bridgehead atoms. The van der Waals surface area contributed by atoms with E-state index in [1.54, 1.807) is 4.90 Å². The first-order chi connectivity index (χ1) is 14.1. The number of benzene rings is 1. The van der Waals surface area contributed by atoms with Crippen LogP contribution >= 0.6 is 0 Å². The van der Waals surface area contributed by atoms with Crippen molar-refractivity contribution in [2.45, 2.75) is 56.9 Å². The fourth-order valence-corrected chi connectivity index (χ4v) is 3.96. The van der Waals surface area contributed by atoms with Gasteiger partial charge in [-0.05, 0) is 62.1 Å². The van der Waals surface area contributed by atoms with Crippen molar-refractivity contribution < 1.29 is 14.3 Å². The molecule has 2 aliphatic carbocycles. The Morgan fingerprint density at radius 2 is 2.03 bits per heavy atom. The van der Waals surface area contributed by atoms with Crippen molar-refractivity contribution >= 4 is 11.9 Å². The summed E-state index contributed by atoms with van der Waals surface area (Å²) >= 11 is 0. The average Bonchev–Trinajstić information content (AvgIpc) is 3.39. The highest BCUT2D eigenvalue weighted by Gasteiger charge is 2.44. The summed E-state index contributed by atoms with van der Waals surface area (Å²) in [6.07, 6.45) is 9.17. The second-order valence-corrected chi connectivity index (χ2v) is 8.61.